The van der Waals surface area contributed by atoms with Crippen LogP contribution in [0, 0.1) is 5.82 Å². The average Bonchev–Trinajstić information content (AvgIpc) is 3.03. The van der Waals surface area contributed by atoms with E-state index < -0.39 is 0 Å². The lowest BCUT2D eigenvalue weighted by Crippen LogP contribution is -1.91. The lowest BCUT2D eigenvalue weighted by atomic mass is 10.1. The molecule has 0 radical (unpaired) electrons. The number of rotatable bonds is 5. The van der Waals surface area contributed by atoms with E-state index in [-0.39, 0.29) is 5.82 Å². The summed E-state index contributed by atoms with van der Waals surface area (Å²) in [7, 11) is 0. The van der Waals surface area contributed by atoms with Crippen molar-refractivity contribution in [3.63, 3.8) is 0 Å². The Balaban J connectivity index is 1.96. The van der Waals surface area contributed by atoms with E-state index >= 15 is 0 Å². The topological polar surface area (TPSA) is 51.8 Å². The molecule has 0 saturated carbocycles. The van der Waals surface area contributed by atoms with Crippen molar-refractivity contribution < 1.29 is 8.81 Å². The van der Waals surface area contributed by atoms with Gasteiger partial charge in [0.15, 0.2) is 17.3 Å². The molecule has 0 aliphatic carbocycles. The first-order chi connectivity index (χ1) is 10.8. The molecule has 3 rings (SSSR count). The maximum absolute atomic E-state index is 13.1. The highest BCUT2D eigenvalue weighted by Crippen LogP contribution is 2.30. The summed E-state index contributed by atoms with van der Waals surface area (Å²) in [6.07, 6.45) is 4.13. The lowest BCUT2D eigenvalue weighted by molar-refractivity contribution is 0.569. The molecule has 0 atom stereocenters. The Morgan fingerprint density at radius 2 is 1.95 bits per heavy atom. The molecule has 0 unspecified atom stereocenters. The molecule has 0 N–H and O–H groups in total. The second-order valence-electron chi connectivity index (χ2n) is 4.61. The fourth-order valence-electron chi connectivity index (χ4n) is 1.97. The van der Waals surface area contributed by atoms with Gasteiger partial charge in [0.25, 0.3) is 0 Å². The van der Waals surface area contributed by atoms with Crippen molar-refractivity contribution in [3.8, 4) is 22.7 Å². The maximum Gasteiger partial charge on any atom is 0.188 e. The number of benzene rings is 1. The maximum atomic E-state index is 13.1. The zero-order valence-electron chi connectivity index (χ0n) is 12.0. The number of aromatic nitrogens is 3. The highest BCUT2D eigenvalue weighted by atomic mass is 32.2. The molecule has 112 valence electrons. The first kappa shape index (κ1) is 14.7. The number of hydrogen-bond acceptors (Lipinski definition) is 5. The Labute approximate surface area is 131 Å². The van der Waals surface area contributed by atoms with Gasteiger partial charge in [-0.1, -0.05) is 18.7 Å². The normalized spacial score (nSPS) is 10.8. The minimum absolute atomic E-state index is 0.283. The quantitative estimate of drug-likeness (QED) is 0.514. The molecule has 3 aromatic rings. The summed E-state index contributed by atoms with van der Waals surface area (Å²) in [4.78, 5) is 13.0. The molecule has 22 heavy (non-hydrogen) atoms. The van der Waals surface area contributed by atoms with E-state index in [1.165, 1.54) is 18.5 Å². The molecular weight excluding hydrogens is 301 g/mol. The molecule has 1 aromatic carbocycles. The third kappa shape index (κ3) is 3.17. The SMILES string of the molecule is CCCSc1nccc(-c2ocnc2-c2ccc(F)cc2)n1. The van der Waals surface area contributed by atoms with E-state index in [9.17, 15) is 4.39 Å². The van der Waals surface area contributed by atoms with Crippen LogP contribution in [-0.2, 0) is 0 Å². The molecule has 4 nitrogen and oxygen atoms in total. The fraction of sp³-hybridized carbons (Fsp3) is 0.188. The van der Waals surface area contributed by atoms with Crippen LogP contribution >= 0.6 is 11.8 Å². The molecule has 0 amide bonds. The van der Waals surface area contributed by atoms with Crippen molar-refractivity contribution in [2.45, 2.75) is 18.5 Å². The monoisotopic (exact) mass is 315 g/mol. The fourth-order valence-corrected chi connectivity index (χ4v) is 2.66. The summed E-state index contributed by atoms with van der Waals surface area (Å²) < 4.78 is 18.5. The second-order valence-corrected chi connectivity index (χ2v) is 5.67. The van der Waals surface area contributed by atoms with Gasteiger partial charge in [-0.25, -0.2) is 19.3 Å². The van der Waals surface area contributed by atoms with Gasteiger partial charge in [0, 0.05) is 17.5 Å². The molecule has 2 heterocycles. The Morgan fingerprint density at radius 3 is 2.73 bits per heavy atom. The van der Waals surface area contributed by atoms with Gasteiger partial charge in [-0.15, -0.1) is 0 Å². The van der Waals surface area contributed by atoms with Crippen molar-refractivity contribution in [2.75, 3.05) is 5.75 Å². The predicted molar refractivity (Wildman–Crippen MR) is 83.9 cm³/mol. The van der Waals surface area contributed by atoms with Gasteiger partial charge in [-0.3, -0.25) is 0 Å². The van der Waals surface area contributed by atoms with Crippen molar-refractivity contribution in [3.05, 3.63) is 48.7 Å². The van der Waals surface area contributed by atoms with Crippen LogP contribution in [-0.4, -0.2) is 20.7 Å². The van der Waals surface area contributed by atoms with Crippen LogP contribution in [0.3, 0.4) is 0 Å². The Hall–Kier alpha value is -2.21. The number of hydrogen-bond donors (Lipinski definition) is 0. The van der Waals surface area contributed by atoms with E-state index in [0.29, 0.717) is 22.3 Å². The first-order valence-corrected chi connectivity index (χ1v) is 7.92. The highest BCUT2D eigenvalue weighted by molar-refractivity contribution is 7.99. The van der Waals surface area contributed by atoms with Gasteiger partial charge < -0.3 is 4.42 Å². The molecule has 0 aliphatic heterocycles. The van der Waals surface area contributed by atoms with E-state index in [1.54, 1.807) is 36.2 Å². The summed E-state index contributed by atoms with van der Waals surface area (Å²) in [6, 6.07) is 7.92. The number of nitrogens with zero attached hydrogens (tertiary/aromatic N) is 3. The molecule has 0 aliphatic rings. The van der Waals surface area contributed by atoms with Crippen molar-refractivity contribution >= 4 is 11.8 Å². The molecule has 0 spiro atoms. The Bertz CT molecular complexity index is 758. The molecule has 6 heteroatoms. The number of halogens is 1. The zero-order chi connectivity index (χ0) is 15.4. The van der Waals surface area contributed by atoms with E-state index in [2.05, 4.69) is 21.9 Å². The van der Waals surface area contributed by atoms with Gasteiger partial charge in [0.2, 0.25) is 0 Å². The summed E-state index contributed by atoms with van der Waals surface area (Å²) >= 11 is 1.60. The van der Waals surface area contributed by atoms with E-state index in [4.69, 9.17) is 4.42 Å². The summed E-state index contributed by atoms with van der Waals surface area (Å²) in [5.74, 6) is 1.24. The minimum atomic E-state index is -0.283. The standard InChI is InChI=1S/C16H14FN3OS/c1-2-9-22-16-18-8-7-13(20-16)15-14(19-10-21-15)11-3-5-12(17)6-4-11/h3-8,10H,2,9H2,1H3. The van der Waals surface area contributed by atoms with Crippen molar-refractivity contribution in [1.82, 2.24) is 15.0 Å². The summed E-state index contributed by atoms with van der Waals surface area (Å²) in [6.45, 7) is 2.11. The summed E-state index contributed by atoms with van der Waals surface area (Å²) in [5, 5.41) is 0.709. The van der Waals surface area contributed by atoms with Crippen LogP contribution in [0.2, 0.25) is 0 Å². The van der Waals surface area contributed by atoms with Crippen LogP contribution in [0.25, 0.3) is 22.7 Å². The summed E-state index contributed by atoms with van der Waals surface area (Å²) in [5.41, 5.74) is 2.10. The van der Waals surface area contributed by atoms with Crippen LogP contribution < -0.4 is 0 Å². The van der Waals surface area contributed by atoms with Crippen LogP contribution in [0.1, 0.15) is 13.3 Å². The predicted octanol–water partition coefficient (Wildman–Crippen LogP) is 4.44. The third-order valence-electron chi connectivity index (χ3n) is 2.99. The van der Waals surface area contributed by atoms with Crippen LogP contribution in [0.5, 0.6) is 0 Å². The lowest BCUT2D eigenvalue weighted by Gasteiger charge is -2.03. The van der Waals surface area contributed by atoms with Crippen molar-refractivity contribution in [2.24, 2.45) is 0 Å². The number of thioether (sulfide) groups is 1. The highest BCUT2D eigenvalue weighted by Gasteiger charge is 2.15. The van der Waals surface area contributed by atoms with E-state index in [0.717, 1.165) is 17.7 Å². The molecule has 0 saturated heterocycles. The van der Waals surface area contributed by atoms with Gasteiger partial charge in [-0.2, -0.15) is 0 Å². The first-order valence-electron chi connectivity index (χ1n) is 6.93. The Kier molecular flexibility index (Phi) is 4.48. The Morgan fingerprint density at radius 1 is 1.14 bits per heavy atom. The third-order valence-corrected chi connectivity index (χ3v) is 4.05. The van der Waals surface area contributed by atoms with Gasteiger partial charge in [-0.05, 0) is 36.8 Å². The molecule has 0 bridgehead atoms. The smallest absolute Gasteiger partial charge is 0.188 e. The average molecular weight is 315 g/mol. The zero-order valence-corrected chi connectivity index (χ0v) is 12.8. The molecular formula is C16H14FN3OS. The van der Waals surface area contributed by atoms with Gasteiger partial charge in [0.05, 0.1) is 0 Å². The molecule has 2 aromatic heterocycles. The van der Waals surface area contributed by atoms with Crippen LogP contribution in [0.4, 0.5) is 4.39 Å². The second kappa shape index (κ2) is 6.70. The van der Waals surface area contributed by atoms with E-state index in [1.807, 2.05) is 0 Å². The van der Waals surface area contributed by atoms with Gasteiger partial charge in [0.1, 0.15) is 17.2 Å². The number of oxazole rings is 1. The largest absolute Gasteiger partial charge is 0.441 e. The molecule has 0 fully saturated rings. The van der Waals surface area contributed by atoms with Crippen molar-refractivity contribution in [1.29, 1.82) is 0 Å². The van der Waals surface area contributed by atoms with Crippen LogP contribution in [0.15, 0.2) is 52.5 Å². The van der Waals surface area contributed by atoms with Gasteiger partial charge >= 0.3 is 0 Å². The minimum Gasteiger partial charge on any atom is -0.441 e.